The molecule has 3 nitrogen and oxygen atoms in total. The van der Waals surface area contributed by atoms with Gasteiger partial charge in [0.1, 0.15) is 0 Å². The lowest BCUT2D eigenvalue weighted by molar-refractivity contribution is 0.343. The topological polar surface area (TPSA) is 29.0 Å². The summed E-state index contributed by atoms with van der Waals surface area (Å²) >= 11 is 0. The fourth-order valence-electron chi connectivity index (χ4n) is 3.06. The van der Waals surface area contributed by atoms with Crippen molar-refractivity contribution in [1.29, 1.82) is 0 Å². The summed E-state index contributed by atoms with van der Waals surface area (Å²) in [5.74, 6) is 1.48. The third-order valence-electron chi connectivity index (χ3n) is 3.79. The first-order chi connectivity index (χ1) is 7.24. The van der Waals surface area contributed by atoms with Gasteiger partial charge in [-0.05, 0) is 32.7 Å². The lowest BCUT2D eigenvalue weighted by Gasteiger charge is -2.22. The van der Waals surface area contributed by atoms with E-state index in [4.69, 9.17) is 0 Å². The number of piperidine rings is 1. The molecule has 0 aromatic carbocycles. The van der Waals surface area contributed by atoms with Gasteiger partial charge < -0.3 is 4.90 Å². The summed E-state index contributed by atoms with van der Waals surface area (Å²) < 4.78 is 0. The molecule has 3 atom stereocenters. The maximum atomic E-state index is 4.59. The van der Waals surface area contributed by atoms with Crippen molar-refractivity contribution in [2.75, 3.05) is 19.6 Å². The molecular weight excluding hydrogens is 186 g/mol. The van der Waals surface area contributed by atoms with Crippen LogP contribution < -0.4 is 0 Å². The SMILES string of the molecule is Cc1cnc([C@@H]2CN3CCC2C3)c(C)n1. The molecule has 0 spiro atoms. The Morgan fingerprint density at radius 3 is 2.80 bits per heavy atom. The van der Waals surface area contributed by atoms with Crippen molar-refractivity contribution in [3.05, 3.63) is 23.3 Å². The second kappa shape index (κ2) is 3.27. The van der Waals surface area contributed by atoms with Crippen LogP contribution in [-0.4, -0.2) is 34.5 Å². The molecule has 0 aliphatic carbocycles. The Morgan fingerprint density at radius 2 is 2.20 bits per heavy atom. The van der Waals surface area contributed by atoms with Gasteiger partial charge in [0.2, 0.25) is 0 Å². The molecule has 2 aliphatic rings. The smallest absolute Gasteiger partial charge is 0.0663 e. The van der Waals surface area contributed by atoms with Gasteiger partial charge in [0.15, 0.2) is 0 Å². The van der Waals surface area contributed by atoms with E-state index in [2.05, 4.69) is 21.8 Å². The number of fused-ring (bicyclic) bond motifs is 2. The fraction of sp³-hybridized carbons (Fsp3) is 0.667. The lowest BCUT2D eigenvalue weighted by Crippen LogP contribution is -2.23. The second-order valence-electron chi connectivity index (χ2n) is 4.90. The minimum absolute atomic E-state index is 0.645. The summed E-state index contributed by atoms with van der Waals surface area (Å²) in [5.41, 5.74) is 3.40. The number of hydrogen-bond acceptors (Lipinski definition) is 3. The summed E-state index contributed by atoms with van der Waals surface area (Å²) in [6.45, 7) is 7.87. The summed E-state index contributed by atoms with van der Waals surface area (Å²) in [6.07, 6.45) is 3.25. The van der Waals surface area contributed by atoms with Gasteiger partial charge in [-0.3, -0.25) is 9.97 Å². The molecule has 0 radical (unpaired) electrons. The second-order valence-corrected chi connectivity index (χ2v) is 4.90. The van der Waals surface area contributed by atoms with Crippen LogP contribution in [0.2, 0.25) is 0 Å². The van der Waals surface area contributed by atoms with Crippen molar-refractivity contribution >= 4 is 0 Å². The van der Waals surface area contributed by atoms with Crippen molar-refractivity contribution in [3.8, 4) is 0 Å². The predicted octanol–water partition coefficient (Wildman–Crippen LogP) is 1.51. The Bertz CT molecular complexity index is 388. The molecule has 0 saturated carbocycles. The maximum Gasteiger partial charge on any atom is 0.0663 e. The molecule has 2 fully saturated rings. The minimum Gasteiger partial charge on any atom is -0.302 e. The summed E-state index contributed by atoms with van der Waals surface area (Å²) in [6, 6.07) is 0. The molecule has 3 heterocycles. The highest BCUT2D eigenvalue weighted by Gasteiger charge is 2.40. The average molecular weight is 203 g/mol. The number of rotatable bonds is 1. The molecule has 2 bridgehead atoms. The van der Waals surface area contributed by atoms with Crippen LogP contribution in [0.25, 0.3) is 0 Å². The highest BCUT2D eigenvalue weighted by molar-refractivity contribution is 5.21. The first kappa shape index (κ1) is 9.28. The van der Waals surface area contributed by atoms with E-state index < -0.39 is 0 Å². The van der Waals surface area contributed by atoms with Crippen LogP contribution in [0.1, 0.15) is 29.4 Å². The maximum absolute atomic E-state index is 4.59. The summed E-state index contributed by atoms with van der Waals surface area (Å²) in [4.78, 5) is 11.7. The molecule has 2 aliphatic heterocycles. The van der Waals surface area contributed by atoms with Crippen LogP contribution in [0, 0.1) is 19.8 Å². The van der Waals surface area contributed by atoms with E-state index in [0.717, 1.165) is 17.3 Å². The normalized spacial score (nSPS) is 33.6. The van der Waals surface area contributed by atoms with Gasteiger partial charge in [-0.2, -0.15) is 0 Å². The van der Waals surface area contributed by atoms with Crippen LogP contribution in [0.4, 0.5) is 0 Å². The number of aromatic nitrogens is 2. The third-order valence-corrected chi connectivity index (χ3v) is 3.79. The van der Waals surface area contributed by atoms with Crippen LogP contribution in [0.15, 0.2) is 6.20 Å². The Labute approximate surface area is 90.5 Å². The largest absolute Gasteiger partial charge is 0.302 e. The van der Waals surface area contributed by atoms with Crippen molar-refractivity contribution in [2.45, 2.75) is 26.2 Å². The highest BCUT2D eigenvalue weighted by Crippen LogP contribution is 2.39. The van der Waals surface area contributed by atoms with Gasteiger partial charge in [-0.25, -0.2) is 0 Å². The quantitative estimate of drug-likeness (QED) is 0.693. The fourth-order valence-corrected chi connectivity index (χ4v) is 3.06. The van der Waals surface area contributed by atoms with Crippen LogP contribution >= 0.6 is 0 Å². The molecular formula is C12H17N3. The number of hydrogen-bond donors (Lipinski definition) is 0. The van der Waals surface area contributed by atoms with Crippen molar-refractivity contribution in [3.63, 3.8) is 0 Å². The van der Waals surface area contributed by atoms with E-state index in [1.165, 1.54) is 31.7 Å². The summed E-state index contributed by atoms with van der Waals surface area (Å²) in [7, 11) is 0. The zero-order chi connectivity index (χ0) is 10.4. The van der Waals surface area contributed by atoms with Gasteiger partial charge >= 0.3 is 0 Å². The zero-order valence-corrected chi connectivity index (χ0v) is 9.40. The Morgan fingerprint density at radius 1 is 1.33 bits per heavy atom. The minimum atomic E-state index is 0.645. The molecule has 80 valence electrons. The van der Waals surface area contributed by atoms with Crippen LogP contribution in [-0.2, 0) is 0 Å². The molecule has 3 rings (SSSR count). The molecule has 0 N–H and O–H groups in total. The van der Waals surface area contributed by atoms with E-state index in [1.54, 1.807) is 0 Å². The number of nitrogens with zero attached hydrogens (tertiary/aromatic N) is 3. The van der Waals surface area contributed by atoms with Gasteiger partial charge in [0.05, 0.1) is 17.1 Å². The molecule has 2 unspecified atom stereocenters. The van der Waals surface area contributed by atoms with E-state index in [9.17, 15) is 0 Å². The molecule has 0 amide bonds. The molecule has 1 aromatic heterocycles. The van der Waals surface area contributed by atoms with Crippen LogP contribution in [0.3, 0.4) is 0 Å². The predicted molar refractivity (Wildman–Crippen MR) is 58.8 cm³/mol. The third kappa shape index (κ3) is 1.46. The van der Waals surface area contributed by atoms with E-state index >= 15 is 0 Å². The van der Waals surface area contributed by atoms with Crippen molar-refractivity contribution in [2.24, 2.45) is 5.92 Å². The number of aryl methyl sites for hydroxylation is 2. The van der Waals surface area contributed by atoms with Gasteiger partial charge in [0, 0.05) is 25.2 Å². The first-order valence-corrected chi connectivity index (χ1v) is 5.76. The average Bonchev–Trinajstić information content (AvgIpc) is 2.78. The molecule has 15 heavy (non-hydrogen) atoms. The first-order valence-electron chi connectivity index (χ1n) is 5.76. The monoisotopic (exact) mass is 203 g/mol. The van der Waals surface area contributed by atoms with E-state index in [0.29, 0.717) is 5.92 Å². The Balaban J connectivity index is 1.93. The van der Waals surface area contributed by atoms with Gasteiger partial charge in [-0.15, -0.1) is 0 Å². The van der Waals surface area contributed by atoms with Crippen molar-refractivity contribution < 1.29 is 0 Å². The molecule has 3 heteroatoms. The standard InChI is InChI=1S/C12H17N3/c1-8-5-13-12(9(2)14-8)11-7-15-4-3-10(11)6-15/h5,10-11H,3-4,6-7H2,1-2H3/t10?,11-/m1/s1. The molecule has 1 aromatic rings. The van der Waals surface area contributed by atoms with Gasteiger partial charge in [0.25, 0.3) is 0 Å². The zero-order valence-electron chi connectivity index (χ0n) is 9.40. The van der Waals surface area contributed by atoms with Crippen molar-refractivity contribution in [1.82, 2.24) is 14.9 Å². The Kier molecular flexibility index (Phi) is 2.02. The highest BCUT2D eigenvalue weighted by atomic mass is 15.2. The molecule has 2 saturated heterocycles. The van der Waals surface area contributed by atoms with E-state index in [1.807, 2.05) is 13.1 Å². The lowest BCUT2D eigenvalue weighted by atomic mass is 9.89. The van der Waals surface area contributed by atoms with E-state index in [-0.39, 0.29) is 0 Å². The Hall–Kier alpha value is -0.960. The van der Waals surface area contributed by atoms with Crippen LogP contribution in [0.5, 0.6) is 0 Å². The van der Waals surface area contributed by atoms with Gasteiger partial charge in [-0.1, -0.05) is 0 Å². The summed E-state index contributed by atoms with van der Waals surface area (Å²) in [5, 5.41) is 0.